The molecule has 0 unspecified atom stereocenters. The average molecular weight is 1270 g/mol. The van der Waals surface area contributed by atoms with Crippen LogP contribution in [0.4, 0.5) is 52.7 Å². The first-order valence-electron chi connectivity index (χ1n) is 26.7. The lowest BCUT2D eigenvalue weighted by molar-refractivity contribution is 0.0686. The van der Waals surface area contributed by atoms with E-state index in [1.165, 1.54) is 57.7 Å². The van der Waals surface area contributed by atoms with E-state index in [0.29, 0.717) is 35.7 Å². The van der Waals surface area contributed by atoms with Gasteiger partial charge in [-0.1, -0.05) is 12.1 Å². The van der Waals surface area contributed by atoms with Crippen molar-refractivity contribution in [1.82, 2.24) is 39.0 Å². The molecule has 0 spiro atoms. The minimum absolute atomic E-state index is 0.0403. The Balaban J connectivity index is 0.000000182. The molecule has 2 N–H and O–H groups in total. The molecule has 0 atom stereocenters. The van der Waals surface area contributed by atoms with Crippen molar-refractivity contribution < 1.29 is 82.0 Å². The summed E-state index contributed by atoms with van der Waals surface area (Å²) in [5.41, 5.74) is -2.60. The fourth-order valence-corrected chi connectivity index (χ4v) is 11.1. The maximum Gasteiger partial charge on any atom is 0.335 e. The molecule has 2 saturated carbocycles. The van der Waals surface area contributed by atoms with Crippen LogP contribution in [0.1, 0.15) is 102 Å². The SMILES string of the molecule is O=C(O)c1cc(F)c2nc(Cc3cc(F)c(-c4cccc(OCc5ncc(C(F)F)s5)n4)cc3F)n(CC3(CF)CC3)c2c1.O=C(O)c1cc(F)c2nc(Cc3cc(F)c(-c4cccc(OCc5ncc(C(F)F)s5)n4)cc3F)n(CC3(CF)CC3)c2c1. The molecule has 88 heavy (non-hydrogen) atoms. The number of aromatic nitrogens is 8. The summed E-state index contributed by atoms with van der Waals surface area (Å²) >= 11 is 1.57. The van der Waals surface area contributed by atoms with Crippen LogP contribution in [0.25, 0.3) is 44.6 Å². The molecule has 0 radical (unpaired) electrons. The lowest BCUT2D eigenvalue weighted by Crippen LogP contribution is -2.16. The van der Waals surface area contributed by atoms with Gasteiger partial charge in [-0.15, -0.1) is 22.7 Å². The summed E-state index contributed by atoms with van der Waals surface area (Å²) < 4.78 is 184. The van der Waals surface area contributed by atoms with Crippen LogP contribution < -0.4 is 9.47 Å². The number of ether oxygens (including phenoxy) is 2. The molecule has 456 valence electrons. The van der Waals surface area contributed by atoms with E-state index in [1.807, 2.05) is 0 Å². The number of carboxylic acids is 2. The van der Waals surface area contributed by atoms with E-state index in [9.17, 15) is 54.9 Å². The number of carbonyl (C=O) groups is 2. The highest BCUT2D eigenvalue weighted by Crippen LogP contribution is 2.49. The second-order valence-corrected chi connectivity index (χ2v) is 23.5. The van der Waals surface area contributed by atoms with Crippen molar-refractivity contribution in [3.05, 3.63) is 186 Å². The van der Waals surface area contributed by atoms with E-state index in [0.717, 1.165) is 71.5 Å². The molecule has 2 aliphatic carbocycles. The number of benzene rings is 4. The monoisotopic (exact) mass is 1260 g/mol. The van der Waals surface area contributed by atoms with Crippen LogP contribution in [0.15, 0.2) is 97.3 Å². The number of hydrogen-bond donors (Lipinski definition) is 2. The van der Waals surface area contributed by atoms with Crippen LogP contribution in [0.5, 0.6) is 11.8 Å². The summed E-state index contributed by atoms with van der Waals surface area (Å²) in [5.74, 6) is -7.46. The van der Waals surface area contributed by atoms with Crippen molar-refractivity contribution in [2.75, 3.05) is 13.3 Å². The summed E-state index contributed by atoms with van der Waals surface area (Å²) in [7, 11) is 0. The van der Waals surface area contributed by atoms with Gasteiger partial charge in [0.25, 0.3) is 12.9 Å². The largest absolute Gasteiger partial charge is 0.478 e. The molecule has 4 aromatic carbocycles. The Bertz CT molecular complexity index is 4050. The Morgan fingerprint density at radius 3 is 1.27 bits per heavy atom. The van der Waals surface area contributed by atoms with E-state index in [1.54, 1.807) is 0 Å². The predicted molar refractivity (Wildman–Crippen MR) is 296 cm³/mol. The third-order valence-electron chi connectivity index (χ3n) is 15.0. The van der Waals surface area contributed by atoms with E-state index in [-0.39, 0.29) is 139 Å². The fourth-order valence-electron chi connectivity index (χ4n) is 9.75. The molecule has 2 fully saturated rings. The molecular formula is C60H44F12N8O6S2. The van der Waals surface area contributed by atoms with Crippen LogP contribution >= 0.6 is 22.7 Å². The number of rotatable bonds is 22. The highest BCUT2D eigenvalue weighted by Gasteiger charge is 2.45. The molecule has 6 heterocycles. The van der Waals surface area contributed by atoms with Gasteiger partial charge in [-0.2, -0.15) is 0 Å². The van der Waals surface area contributed by atoms with Gasteiger partial charge < -0.3 is 28.8 Å². The number of hydrogen-bond acceptors (Lipinski definition) is 12. The van der Waals surface area contributed by atoms with Crippen molar-refractivity contribution in [2.45, 2.75) is 77.7 Å². The molecule has 14 nitrogen and oxygen atoms in total. The lowest BCUT2D eigenvalue weighted by Gasteiger charge is -2.16. The zero-order valence-corrected chi connectivity index (χ0v) is 47.0. The Hall–Kier alpha value is -8.92. The smallest absolute Gasteiger partial charge is 0.335 e. The number of thiazole rings is 2. The Labute approximate surface area is 497 Å². The number of imidazole rings is 2. The molecule has 0 amide bonds. The first kappa shape index (κ1) is 60.8. The first-order chi connectivity index (χ1) is 42.1. The number of pyridine rings is 2. The number of nitrogens with zero attached hydrogens (tertiary/aromatic N) is 8. The van der Waals surface area contributed by atoms with Gasteiger partial charge in [-0.05, 0) is 97.5 Å². The highest BCUT2D eigenvalue weighted by molar-refractivity contribution is 7.11. The minimum Gasteiger partial charge on any atom is -0.478 e. The summed E-state index contributed by atoms with van der Waals surface area (Å²) in [6, 6.07) is 16.8. The average Bonchev–Trinajstić information content (AvgIpc) is 1.81. The van der Waals surface area contributed by atoms with E-state index in [4.69, 9.17) is 9.47 Å². The second kappa shape index (κ2) is 24.7. The summed E-state index contributed by atoms with van der Waals surface area (Å²) in [6.07, 6.45) is -1.49. The Morgan fingerprint density at radius 1 is 0.534 bits per heavy atom. The first-order valence-corrected chi connectivity index (χ1v) is 28.3. The molecule has 0 saturated heterocycles. The zero-order valence-electron chi connectivity index (χ0n) is 45.3. The van der Waals surface area contributed by atoms with Crippen LogP contribution in [0.3, 0.4) is 0 Å². The van der Waals surface area contributed by atoms with Gasteiger partial charge in [0, 0.05) is 72.4 Å². The van der Waals surface area contributed by atoms with E-state index < -0.39 is 83.9 Å². The fraction of sp³-hybridized carbons (Fsp3) is 0.267. The van der Waals surface area contributed by atoms with Crippen molar-refractivity contribution in [2.24, 2.45) is 10.8 Å². The lowest BCUT2D eigenvalue weighted by atomic mass is 10.0. The predicted octanol–water partition coefficient (Wildman–Crippen LogP) is 15.1. The van der Waals surface area contributed by atoms with Gasteiger partial charge in [-0.25, -0.2) is 83.4 Å². The standard InChI is InChI=1S/2C30H22F6N4O3S/c2*31-13-30(4-5-30)14-40-22-8-16(29(41)42)7-20(34)27(22)39-24(40)9-15-6-19(33)17(10-18(15)32)21-2-1-3-25(38-21)43-12-26-37-11-23(44-26)28(35)36/h2*1-3,6-8,10-11,28H,4-5,9,12-14H2,(H,41,42). The number of fused-ring (bicyclic) bond motifs is 2. The maximum atomic E-state index is 15.4. The molecule has 2 aliphatic rings. The zero-order chi connectivity index (χ0) is 62.3. The van der Waals surface area contributed by atoms with Crippen LogP contribution in [-0.2, 0) is 39.1 Å². The third-order valence-corrected chi connectivity index (χ3v) is 16.9. The second-order valence-electron chi connectivity index (χ2n) is 21.2. The van der Waals surface area contributed by atoms with Crippen molar-refractivity contribution in [3.63, 3.8) is 0 Å². The molecule has 0 bridgehead atoms. The Morgan fingerprint density at radius 2 is 0.932 bits per heavy atom. The van der Waals surface area contributed by atoms with Gasteiger partial charge in [0.05, 0.1) is 56.7 Å². The van der Waals surface area contributed by atoms with Gasteiger partial charge in [0.2, 0.25) is 11.8 Å². The topological polar surface area (TPSA) is 180 Å². The summed E-state index contributed by atoms with van der Waals surface area (Å²) in [4.78, 5) is 47.4. The quantitative estimate of drug-likeness (QED) is 0.0614. The maximum absolute atomic E-state index is 15.4. The number of carboxylic acid groups (broad SMARTS) is 2. The number of alkyl halides is 6. The number of halogens is 12. The summed E-state index contributed by atoms with van der Waals surface area (Å²) in [6.45, 7) is -1.46. The van der Waals surface area contributed by atoms with Crippen molar-refractivity contribution in [3.8, 4) is 34.3 Å². The van der Waals surface area contributed by atoms with Gasteiger partial charge >= 0.3 is 11.9 Å². The minimum atomic E-state index is -2.65. The van der Waals surface area contributed by atoms with Crippen LogP contribution in [0, 0.1) is 45.7 Å². The van der Waals surface area contributed by atoms with E-state index in [2.05, 4.69) is 29.9 Å². The highest BCUT2D eigenvalue weighted by atomic mass is 32.1. The van der Waals surface area contributed by atoms with E-state index >= 15 is 17.6 Å². The third kappa shape index (κ3) is 13.0. The Kier molecular flexibility index (Phi) is 17.0. The number of aromatic carboxylic acids is 2. The van der Waals surface area contributed by atoms with Crippen LogP contribution in [-0.4, -0.2) is 74.5 Å². The van der Waals surface area contributed by atoms with Crippen molar-refractivity contribution in [1.29, 1.82) is 0 Å². The summed E-state index contributed by atoms with van der Waals surface area (Å²) in [5, 5.41) is 19.4. The molecular weight excluding hydrogens is 1220 g/mol. The van der Waals surface area contributed by atoms with Crippen LogP contribution in [0.2, 0.25) is 0 Å². The van der Waals surface area contributed by atoms with Crippen molar-refractivity contribution >= 4 is 56.7 Å². The molecule has 10 aromatic rings. The molecule has 28 heteroatoms. The normalized spacial score (nSPS) is 14.0. The van der Waals surface area contributed by atoms with Gasteiger partial charge in [0.15, 0.2) is 11.6 Å². The molecule has 0 aliphatic heterocycles. The van der Waals surface area contributed by atoms with Gasteiger partial charge in [0.1, 0.15) is 69.2 Å². The molecule has 12 rings (SSSR count). The van der Waals surface area contributed by atoms with Gasteiger partial charge in [-0.3, -0.25) is 8.78 Å². The molecule has 6 aromatic heterocycles.